The van der Waals surface area contributed by atoms with E-state index >= 15 is 0 Å². The first-order valence-corrected chi connectivity index (χ1v) is 7.75. The summed E-state index contributed by atoms with van der Waals surface area (Å²) < 4.78 is 7.69. The van der Waals surface area contributed by atoms with Crippen LogP contribution < -0.4 is 9.57 Å². The minimum atomic E-state index is 0.473. The number of aromatic nitrogens is 1. The third-order valence-corrected chi connectivity index (χ3v) is 4.37. The Morgan fingerprint density at radius 2 is 1.90 bits per heavy atom. The highest BCUT2D eigenvalue weighted by Gasteiger charge is 2.12. The van der Waals surface area contributed by atoms with Crippen LogP contribution in [0.3, 0.4) is 0 Å². The number of nitrogens with zero attached hydrogens (tertiary/aromatic N) is 1. The van der Waals surface area contributed by atoms with Crippen LogP contribution in [0.1, 0.15) is 19.5 Å². The first-order chi connectivity index (χ1) is 9.52. The second-order valence-electron chi connectivity index (χ2n) is 4.99. The molecule has 0 bridgehead atoms. The summed E-state index contributed by atoms with van der Waals surface area (Å²) in [5.74, 6) is 1.33. The normalized spacial score (nSPS) is 10.8. The Morgan fingerprint density at radius 3 is 2.45 bits per heavy atom. The Morgan fingerprint density at radius 1 is 1.25 bits per heavy atom. The summed E-state index contributed by atoms with van der Waals surface area (Å²) in [6, 6.07) is 7.99. The molecule has 0 radical (unpaired) electrons. The summed E-state index contributed by atoms with van der Waals surface area (Å²) >= 11 is 6.96. The lowest BCUT2D eigenvalue weighted by Gasteiger charge is -2.11. The monoisotopic (exact) mass is 309 g/mol. The van der Waals surface area contributed by atoms with Gasteiger partial charge in [0, 0.05) is 0 Å². The second kappa shape index (κ2) is 6.41. The van der Waals surface area contributed by atoms with E-state index in [0.717, 1.165) is 25.8 Å². The van der Waals surface area contributed by atoms with Crippen molar-refractivity contribution in [2.75, 3.05) is 13.7 Å². The Kier molecular flexibility index (Phi) is 4.83. The van der Waals surface area contributed by atoms with Gasteiger partial charge in [0.1, 0.15) is 12.4 Å². The third-order valence-electron chi connectivity index (χ3n) is 2.88. The molecule has 5 heteroatoms. The van der Waals surface area contributed by atoms with Crippen molar-refractivity contribution in [2.24, 2.45) is 5.92 Å². The van der Waals surface area contributed by atoms with Gasteiger partial charge in [-0.3, -0.25) is 0 Å². The van der Waals surface area contributed by atoms with Crippen LogP contribution in [0.5, 0.6) is 5.75 Å². The van der Waals surface area contributed by atoms with Crippen molar-refractivity contribution in [2.45, 2.75) is 20.8 Å². The highest BCUT2D eigenvalue weighted by molar-refractivity contribution is 7.73. The van der Waals surface area contributed by atoms with Crippen LogP contribution >= 0.6 is 23.6 Å². The van der Waals surface area contributed by atoms with Crippen molar-refractivity contribution in [3.63, 3.8) is 0 Å². The van der Waals surface area contributed by atoms with Crippen LogP contribution in [0.15, 0.2) is 24.3 Å². The highest BCUT2D eigenvalue weighted by atomic mass is 32.1. The van der Waals surface area contributed by atoms with Gasteiger partial charge in [-0.1, -0.05) is 13.8 Å². The predicted molar refractivity (Wildman–Crippen MR) is 86.2 cm³/mol. The predicted octanol–water partition coefficient (Wildman–Crippen LogP) is 4.35. The van der Waals surface area contributed by atoms with Gasteiger partial charge < -0.3 is 9.57 Å². The fourth-order valence-electron chi connectivity index (χ4n) is 1.82. The average molecular weight is 309 g/mol. The average Bonchev–Trinajstić information content (AvgIpc) is 2.72. The molecule has 0 N–H and O–H groups in total. The van der Waals surface area contributed by atoms with Crippen molar-refractivity contribution < 1.29 is 9.57 Å². The molecule has 1 aromatic carbocycles. The molecule has 0 amide bonds. The van der Waals surface area contributed by atoms with Gasteiger partial charge in [-0.25, -0.2) is 0 Å². The lowest BCUT2D eigenvalue weighted by atomic mass is 10.1. The minimum Gasteiger partial charge on any atom is -0.497 e. The molecule has 3 nitrogen and oxygen atoms in total. The Bertz CT molecular complexity index is 626. The largest absolute Gasteiger partial charge is 0.497 e. The molecule has 0 unspecified atom stereocenters. The smallest absolute Gasteiger partial charge is 0.197 e. The number of methoxy groups -OCH3 is 1. The first-order valence-electron chi connectivity index (χ1n) is 6.53. The molecular weight excluding hydrogens is 290 g/mol. The zero-order chi connectivity index (χ0) is 14.7. The standard InChI is InChI=1S/C15H19NO2S2/c1-10(2)9-18-16-11(3)14(20-15(16)19)12-5-7-13(17-4)8-6-12/h5-8,10H,9H2,1-4H3. The highest BCUT2D eigenvalue weighted by Crippen LogP contribution is 2.31. The van der Waals surface area contributed by atoms with E-state index in [9.17, 15) is 0 Å². The minimum absolute atomic E-state index is 0.473. The van der Waals surface area contributed by atoms with E-state index in [4.69, 9.17) is 21.8 Å². The fourth-order valence-corrected chi connectivity index (χ4v) is 3.19. The molecule has 0 atom stereocenters. The van der Waals surface area contributed by atoms with Crippen LogP contribution in [-0.4, -0.2) is 18.4 Å². The topological polar surface area (TPSA) is 23.4 Å². The third kappa shape index (κ3) is 3.22. The van der Waals surface area contributed by atoms with E-state index in [1.165, 1.54) is 0 Å². The van der Waals surface area contributed by atoms with Gasteiger partial charge in [0.2, 0.25) is 0 Å². The van der Waals surface area contributed by atoms with Crippen LogP contribution in [0.25, 0.3) is 10.4 Å². The van der Waals surface area contributed by atoms with Gasteiger partial charge in [0.25, 0.3) is 0 Å². The van der Waals surface area contributed by atoms with Crippen LogP contribution in [-0.2, 0) is 0 Å². The maximum atomic E-state index is 5.77. The molecule has 0 saturated heterocycles. The SMILES string of the molecule is COc1ccc(-c2sc(=S)n(OCC(C)C)c2C)cc1. The summed E-state index contributed by atoms with van der Waals surface area (Å²) in [6.07, 6.45) is 0. The molecule has 0 aliphatic heterocycles. The van der Waals surface area contributed by atoms with Crippen LogP contribution in [0.2, 0.25) is 0 Å². The zero-order valence-electron chi connectivity index (χ0n) is 12.2. The molecular formula is C15H19NO2S2. The quantitative estimate of drug-likeness (QED) is 0.767. The number of hydrogen-bond acceptors (Lipinski definition) is 4. The Labute approximate surface area is 128 Å². The molecule has 0 fully saturated rings. The molecule has 1 aromatic heterocycles. The number of hydrogen-bond donors (Lipinski definition) is 0. The summed E-state index contributed by atoms with van der Waals surface area (Å²) in [4.78, 5) is 6.91. The summed E-state index contributed by atoms with van der Waals surface area (Å²) in [5, 5.41) is 0. The Hall–Kier alpha value is -1.33. The number of rotatable bonds is 5. The lowest BCUT2D eigenvalue weighted by Crippen LogP contribution is -2.17. The first kappa shape index (κ1) is 15.1. The van der Waals surface area contributed by atoms with Gasteiger partial charge in [-0.15, -0.1) is 11.3 Å². The van der Waals surface area contributed by atoms with E-state index in [-0.39, 0.29) is 0 Å². The van der Waals surface area contributed by atoms with E-state index in [0.29, 0.717) is 12.5 Å². The van der Waals surface area contributed by atoms with Crippen molar-refractivity contribution >= 4 is 23.6 Å². The number of thiazole rings is 1. The Balaban J connectivity index is 2.32. The van der Waals surface area contributed by atoms with Crippen molar-refractivity contribution in [1.29, 1.82) is 0 Å². The molecule has 0 spiro atoms. The van der Waals surface area contributed by atoms with Crippen LogP contribution in [0, 0.1) is 16.8 Å². The molecule has 0 saturated carbocycles. The lowest BCUT2D eigenvalue weighted by molar-refractivity contribution is 0.0843. The molecule has 2 rings (SSSR count). The van der Waals surface area contributed by atoms with Crippen LogP contribution in [0.4, 0.5) is 0 Å². The van der Waals surface area contributed by atoms with E-state index in [1.54, 1.807) is 23.2 Å². The maximum Gasteiger partial charge on any atom is 0.197 e. The molecule has 108 valence electrons. The maximum absolute atomic E-state index is 5.77. The van der Waals surface area contributed by atoms with Crippen molar-refractivity contribution in [1.82, 2.24) is 4.73 Å². The van der Waals surface area contributed by atoms with Gasteiger partial charge >= 0.3 is 0 Å². The number of benzene rings is 1. The molecule has 0 aliphatic carbocycles. The summed E-state index contributed by atoms with van der Waals surface area (Å²) in [5.41, 5.74) is 2.18. The molecule has 2 aromatic rings. The molecule has 1 heterocycles. The van der Waals surface area contributed by atoms with Crippen molar-refractivity contribution in [3.8, 4) is 16.2 Å². The molecule has 0 aliphatic rings. The fraction of sp³-hybridized carbons (Fsp3) is 0.400. The van der Waals surface area contributed by atoms with E-state index < -0.39 is 0 Å². The van der Waals surface area contributed by atoms with E-state index in [2.05, 4.69) is 13.8 Å². The summed E-state index contributed by atoms with van der Waals surface area (Å²) in [7, 11) is 1.67. The molecule has 20 heavy (non-hydrogen) atoms. The summed E-state index contributed by atoms with van der Waals surface area (Å²) in [6.45, 7) is 6.94. The zero-order valence-corrected chi connectivity index (χ0v) is 13.8. The van der Waals surface area contributed by atoms with Gasteiger partial charge in [0.15, 0.2) is 3.95 Å². The van der Waals surface area contributed by atoms with Gasteiger partial charge in [-0.2, -0.15) is 4.73 Å². The van der Waals surface area contributed by atoms with Gasteiger partial charge in [-0.05, 0) is 54.9 Å². The number of ether oxygens (including phenoxy) is 1. The second-order valence-corrected chi connectivity index (χ2v) is 6.64. The van der Waals surface area contributed by atoms with E-state index in [1.807, 2.05) is 31.2 Å². The van der Waals surface area contributed by atoms with Gasteiger partial charge in [0.05, 0.1) is 17.7 Å². The van der Waals surface area contributed by atoms with Crippen molar-refractivity contribution in [3.05, 3.63) is 33.9 Å².